The molecule has 0 atom stereocenters. The number of ether oxygens (including phenoxy) is 1. The number of amides is 3. The lowest BCUT2D eigenvalue weighted by molar-refractivity contribution is -0.137. The molecule has 9 heteroatoms. The molecule has 0 spiro atoms. The van der Waals surface area contributed by atoms with Crippen LogP contribution < -0.4 is 5.32 Å². The van der Waals surface area contributed by atoms with Crippen molar-refractivity contribution in [3.8, 4) is 0 Å². The second kappa shape index (κ2) is 11.2. The Morgan fingerprint density at radius 2 is 1.77 bits per heavy atom. The van der Waals surface area contributed by atoms with Crippen LogP contribution in [0.15, 0.2) is 29.2 Å². The Hall–Kier alpha value is -2.55. The third-order valence-electron chi connectivity index (χ3n) is 4.56. The molecule has 31 heavy (non-hydrogen) atoms. The van der Waals surface area contributed by atoms with E-state index in [-0.39, 0.29) is 24.1 Å². The quantitative estimate of drug-likeness (QED) is 0.481. The number of hydrogen-bond donors (Lipinski definition) is 1. The third-order valence-corrected chi connectivity index (χ3v) is 5.62. The van der Waals surface area contributed by atoms with Gasteiger partial charge < -0.3 is 19.9 Å². The van der Waals surface area contributed by atoms with Crippen LogP contribution in [-0.2, 0) is 19.1 Å². The maximum atomic E-state index is 12.5. The molecule has 0 aliphatic carbocycles. The molecule has 1 heterocycles. The molecule has 0 unspecified atom stereocenters. The summed E-state index contributed by atoms with van der Waals surface area (Å²) in [7, 11) is 1.48. The van der Waals surface area contributed by atoms with Crippen LogP contribution in [0.3, 0.4) is 0 Å². The van der Waals surface area contributed by atoms with Gasteiger partial charge in [-0.1, -0.05) is 12.1 Å². The Kier molecular flexibility index (Phi) is 8.91. The summed E-state index contributed by atoms with van der Waals surface area (Å²) < 4.78 is 5.17. The van der Waals surface area contributed by atoms with E-state index in [1.54, 1.807) is 24.3 Å². The zero-order valence-corrected chi connectivity index (χ0v) is 19.4. The van der Waals surface area contributed by atoms with E-state index < -0.39 is 24.0 Å². The second-order valence-electron chi connectivity index (χ2n) is 8.50. The lowest BCUT2D eigenvalue weighted by Gasteiger charge is -2.23. The summed E-state index contributed by atoms with van der Waals surface area (Å²) in [6, 6.07) is 6.85. The van der Waals surface area contributed by atoms with Crippen molar-refractivity contribution in [2.45, 2.75) is 44.0 Å². The van der Waals surface area contributed by atoms with Crippen molar-refractivity contribution in [2.24, 2.45) is 0 Å². The number of hydrogen-bond acceptors (Lipinski definition) is 6. The Morgan fingerprint density at radius 3 is 2.42 bits per heavy atom. The third kappa shape index (κ3) is 8.24. The Bertz CT molecular complexity index is 816. The zero-order chi connectivity index (χ0) is 23.0. The van der Waals surface area contributed by atoms with Gasteiger partial charge in [0.15, 0.2) is 6.61 Å². The van der Waals surface area contributed by atoms with E-state index in [0.717, 1.165) is 25.9 Å². The molecule has 0 saturated carbocycles. The topological polar surface area (TPSA) is 96.0 Å². The maximum absolute atomic E-state index is 12.5. The Balaban J connectivity index is 1.86. The molecule has 1 aliphatic rings. The van der Waals surface area contributed by atoms with Crippen molar-refractivity contribution in [2.75, 3.05) is 39.0 Å². The SMILES string of the molecule is CN(CC(=O)NC(C)(C)C)C(=O)COC(=O)c1ccccc1SCC(=O)N1CCCC1. The molecule has 1 aliphatic heterocycles. The van der Waals surface area contributed by atoms with Crippen LogP contribution in [0.4, 0.5) is 0 Å². The summed E-state index contributed by atoms with van der Waals surface area (Å²) in [5.41, 5.74) is -0.0898. The van der Waals surface area contributed by atoms with Gasteiger partial charge in [0, 0.05) is 30.6 Å². The fraction of sp³-hybridized carbons (Fsp3) is 0.545. The van der Waals surface area contributed by atoms with Crippen molar-refractivity contribution in [1.82, 2.24) is 15.1 Å². The first kappa shape index (κ1) is 24.7. The minimum Gasteiger partial charge on any atom is -0.452 e. The predicted molar refractivity (Wildman–Crippen MR) is 119 cm³/mol. The summed E-state index contributed by atoms with van der Waals surface area (Å²) in [6.07, 6.45) is 2.05. The van der Waals surface area contributed by atoms with Crippen LogP contribution in [0.5, 0.6) is 0 Å². The van der Waals surface area contributed by atoms with Gasteiger partial charge in [0.1, 0.15) is 0 Å². The fourth-order valence-corrected chi connectivity index (χ4v) is 3.98. The van der Waals surface area contributed by atoms with Gasteiger partial charge in [-0.05, 0) is 45.7 Å². The second-order valence-corrected chi connectivity index (χ2v) is 9.51. The van der Waals surface area contributed by atoms with Crippen LogP contribution in [-0.4, -0.2) is 78.1 Å². The zero-order valence-electron chi connectivity index (χ0n) is 18.6. The molecular weight excluding hydrogens is 418 g/mol. The van der Waals surface area contributed by atoms with E-state index >= 15 is 0 Å². The first-order valence-electron chi connectivity index (χ1n) is 10.3. The summed E-state index contributed by atoms with van der Waals surface area (Å²) in [4.78, 5) is 52.7. The van der Waals surface area contributed by atoms with Crippen molar-refractivity contribution < 1.29 is 23.9 Å². The van der Waals surface area contributed by atoms with Gasteiger partial charge >= 0.3 is 5.97 Å². The average Bonchev–Trinajstić information content (AvgIpc) is 3.23. The number of likely N-dealkylation sites (tertiary alicyclic amines) is 1. The number of likely N-dealkylation sites (N-methyl/N-ethyl adjacent to an activating group) is 1. The van der Waals surface area contributed by atoms with E-state index in [1.165, 1.54) is 23.7 Å². The van der Waals surface area contributed by atoms with Gasteiger partial charge in [0.25, 0.3) is 5.91 Å². The molecule has 1 saturated heterocycles. The molecule has 170 valence electrons. The number of carbonyl (C=O) groups excluding carboxylic acids is 4. The smallest absolute Gasteiger partial charge is 0.339 e. The molecular formula is C22H31N3O5S. The fourth-order valence-electron chi connectivity index (χ4n) is 3.04. The highest BCUT2D eigenvalue weighted by molar-refractivity contribution is 8.00. The first-order chi connectivity index (χ1) is 14.6. The number of nitrogens with one attached hydrogen (secondary N) is 1. The number of benzene rings is 1. The first-order valence-corrected chi connectivity index (χ1v) is 11.3. The van der Waals surface area contributed by atoms with Crippen LogP contribution in [0.1, 0.15) is 44.0 Å². The molecule has 0 aromatic heterocycles. The van der Waals surface area contributed by atoms with Crippen molar-refractivity contribution in [3.05, 3.63) is 29.8 Å². The van der Waals surface area contributed by atoms with Crippen LogP contribution in [0.25, 0.3) is 0 Å². The number of esters is 1. The summed E-state index contributed by atoms with van der Waals surface area (Å²) in [5.74, 6) is -1.12. The van der Waals surface area contributed by atoms with Crippen molar-refractivity contribution in [3.63, 3.8) is 0 Å². The van der Waals surface area contributed by atoms with Crippen molar-refractivity contribution in [1.29, 1.82) is 0 Å². The van der Waals surface area contributed by atoms with Crippen LogP contribution in [0.2, 0.25) is 0 Å². The van der Waals surface area contributed by atoms with Gasteiger partial charge in [-0.2, -0.15) is 0 Å². The van der Waals surface area contributed by atoms with E-state index in [9.17, 15) is 19.2 Å². The minimum atomic E-state index is -0.641. The number of thioether (sulfide) groups is 1. The van der Waals surface area contributed by atoms with E-state index in [1.807, 2.05) is 25.7 Å². The molecule has 8 nitrogen and oxygen atoms in total. The van der Waals surface area contributed by atoms with Gasteiger partial charge in [0.2, 0.25) is 11.8 Å². The molecule has 1 N–H and O–H groups in total. The minimum absolute atomic E-state index is 0.0519. The highest BCUT2D eigenvalue weighted by atomic mass is 32.2. The van der Waals surface area contributed by atoms with Gasteiger partial charge in [-0.3, -0.25) is 14.4 Å². The van der Waals surface area contributed by atoms with Gasteiger partial charge in [0.05, 0.1) is 17.9 Å². The molecule has 0 radical (unpaired) electrons. The largest absolute Gasteiger partial charge is 0.452 e. The summed E-state index contributed by atoms with van der Waals surface area (Å²) >= 11 is 1.28. The lowest BCUT2D eigenvalue weighted by Crippen LogP contribution is -2.46. The molecule has 0 bridgehead atoms. The molecule has 1 aromatic carbocycles. The summed E-state index contributed by atoms with van der Waals surface area (Å²) in [5, 5.41) is 2.77. The number of nitrogens with zero attached hydrogens (tertiary/aromatic N) is 2. The maximum Gasteiger partial charge on any atom is 0.339 e. The van der Waals surface area contributed by atoms with E-state index in [2.05, 4.69) is 5.32 Å². The average molecular weight is 450 g/mol. The highest BCUT2D eigenvalue weighted by Crippen LogP contribution is 2.24. The normalized spacial score (nSPS) is 13.6. The standard InChI is InChI=1S/C22H31N3O5S/c1-22(2,3)23-18(26)13-24(4)19(27)14-30-21(29)16-9-5-6-10-17(16)31-15-20(28)25-11-7-8-12-25/h5-6,9-10H,7-8,11-15H2,1-4H3,(H,23,26). The van der Waals surface area contributed by atoms with Gasteiger partial charge in [-0.15, -0.1) is 11.8 Å². The molecule has 2 rings (SSSR count). The molecule has 1 fully saturated rings. The summed E-state index contributed by atoms with van der Waals surface area (Å²) in [6.45, 7) is 6.52. The van der Waals surface area contributed by atoms with Crippen LogP contribution >= 0.6 is 11.8 Å². The molecule has 3 amide bonds. The number of rotatable bonds is 8. The van der Waals surface area contributed by atoms with Crippen LogP contribution in [0, 0.1) is 0 Å². The van der Waals surface area contributed by atoms with E-state index in [4.69, 9.17) is 4.74 Å². The Morgan fingerprint density at radius 1 is 1.13 bits per heavy atom. The predicted octanol–water partition coefficient (Wildman–Crippen LogP) is 1.93. The lowest BCUT2D eigenvalue weighted by atomic mass is 10.1. The van der Waals surface area contributed by atoms with Crippen molar-refractivity contribution >= 4 is 35.5 Å². The Labute approximate surface area is 187 Å². The highest BCUT2D eigenvalue weighted by Gasteiger charge is 2.21. The monoisotopic (exact) mass is 449 g/mol. The molecule has 1 aromatic rings. The van der Waals surface area contributed by atoms with Gasteiger partial charge in [-0.25, -0.2) is 4.79 Å². The van der Waals surface area contributed by atoms with E-state index in [0.29, 0.717) is 10.5 Å². The number of carbonyl (C=O) groups is 4.